The van der Waals surface area contributed by atoms with E-state index in [4.69, 9.17) is 27.9 Å². The molecule has 0 spiro atoms. The van der Waals surface area contributed by atoms with Gasteiger partial charge in [0.05, 0.1) is 0 Å². The van der Waals surface area contributed by atoms with Gasteiger partial charge in [0, 0.05) is 16.5 Å². The monoisotopic (exact) mass is 242 g/mol. The highest BCUT2D eigenvalue weighted by Crippen LogP contribution is 2.27. The molecular formula is C12H12Cl2O. The van der Waals surface area contributed by atoms with Gasteiger partial charge in [-0.05, 0) is 43.5 Å². The number of rotatable bonds is 2. The van der Waals surface area contributed by atoms with Gasteiger partial charge in [-0.25, -0.2) is 0 Å². The first kappa shape index (κ1) is 10.8. The topological polar surface area (TPSA) is 9.23 Å². The fourth-order valence-corrected chi connectivity index (χ4v) is 2.15. The molecule has 0 N–H and O–H groups in total. The van der Waals surface area contributed by atoms with Crippen molar-refractivity contribution in [2.24, 2.45) is 0 Å². The molecule has 0 aromatic heterocycles. The summed E-state index contributed by atoms with van der Waals surface area (Å²) in [6.07, 6.45) is 6.69. The average molecular weight is 243 g/mol. The lowest BCUT2D eigenvalue weighted by atomic mass is 10.1. The Morgan fingerprint density at radius 2 is 1.73 bits per heavy atom. The number of halogens is 2. The Kier molecular flexibility index (Phi) is 3.55. The fourth-order valence-electron chi connectivity index (χ4n) is 1.64. The van der Waals surface area contributed by atoms with Gasteiger partial charge in [0.15, 0.2) is 0 Å². The zero-order valence-corrected chi connectivity index (χ0v) is 9.81. The van der Waals surface area contributed by atoms with Gasteiger partial charge >= 0.3 is 0 Å². The van der Waals surface area contributed by atoms with Crippen molar-refractivity contribution in [3.05, 3.63) is 40.1 Å². The maximum absolute atomic E-state index is 5.88. The van der Waals surface area contributed by atoms with E-state index in [1.54, 1.807) is 18.2 Å². The molecule has 0 unspecified atom stereocenters. The van der Waals surface area contributed by atoms with Gasteiger partial charge in [0.25, 0.3) is 0 Å². The Morgan fingerprint density at radius 3 is 2.33 bits per heavy atom. The van der Waals surface area contributed by atoms with Gasteiger partial charge < -0.3 is 4.74 Å². The van der Waals surface area contributed by atoms with Crippen LogP contribution in [0.5, 0.6) is 5.75 Å². The average Bonchev–Trinajstić information content (AvgIpc) is 2.17. The molecule has 0 atom stereocenters. The highest BCUT2D eigenvalue weighted by Gasteiger charge is 2.06. The molecule has 1 aliphatic rings. The van der Waals surface area contributed by atoms with Crippen LogP contribution in [0, 0.1) is 0 Å². The highest BCUT2D eigenvalue weighted by atomic mass is 35.5. The largest absolute Gasteiger partial charge is 0.462 e. The maximum atomic E-state index is 5.88. The summed E-state index contributed by atoms with van der Waals surface area (Å²) in [6, 6.07) is 5.26. The lowest BCUT2D eigenvalue weighted by Gasteiger charge is -2.14. The van der Waals surface area contributed by atoms with Crippen molar-refractivity contribution < 1.29 is 4.74 Å². The number of ether oxygens (including phenoxy) is 1. The third-order valence-electron chi connectivity index (χ3n) is 2.33. The zero-order valence-electron chi connectivity index (χ0n) is 8.30. The van der Waals surface area contributed by atoms with Gasteiger partial charge in [-0.3, -0.25) is 0 Å². The van der Waals surface area contributed by atoms with E-state index in [1.165, 1.54) is 12.8 Å². The molecule has 1 nitrogen and oxygen atoms in total. The van der Waals surface area contributed by atoms with Gasteiger partial charge in [0.1, 0.15) is 11.5 Å². The van der Waals surface area contributed by atoms with E-state index in [0.717, 1.165) is 24.4 Å². The molecule has 0 heterocycles. The van der Waals surface area contributed by atoms with Crippen molar-refractivity contribution in [2.45, 2.75) is 25.7 Å². The minimum atomic E-state index is 0.605. The summed E-state index contributed by atoms with van der Waals surface area (Å²) in [7, 11) is 0. The van der Waals surface area contributed by atoms with Crippen molar-refractivity contribution in [2.75, 3.05) is 0 Å². The Morgan fingerprint density at radius 1 is 1.00 bits per heavy atom. The predicted octanol–water partition coefficient (Wildman–Crippen LogP) is 4.83. The SMILES string of the molecule is Clc1cc(Cl)cc(OC2=CCCCC2)c1. The van der Waals surface area contributed by atoms with Crippen LogP contribution in [0.3, 0.4) is 0 Å². The van der Waals surface area contributed by atoms with E-state index in [9.17, 15) is 0 Å². The van der Waals surface area contributed by atoms with Crippen LogP contribution in [-0.4, -0.2) is 0 Å². The van der Waals surface area contributed by atoms with Crippen LogP contribution >= 0.6 is 23.2 Å². The molecule has 2 rings (SSSR count). The Labute approximate surface area is 99.6 Å². The molecule has 0 aliphatic heterocycles. The molecule has 0 fully saturated rings. The van der Waals surface area contributed by atoms with E-state index >= 15 is 0 Å². The molecular weight excluding hydrogens is 231 g/mol. The molecule has 1 aromatic rings. The first-order valence-electron chi connectivity index (χ1n) is 5.07. The van der Waals surface area contributed by atoms with E-state index < -0.39 is 0 Å². The second-order valence-corrected chi connectivity index (χ2v) is 4.50. The number of allylic oxidation sites excluding steroid dienone is 2. The van der Waals surface area contributed by atoms with Crippen molar-refractivity contribution in [3.63, 3.8) is 0 Å². The Hall–Kier alpha value is -0.660. The normalized spacial score (nSPS) is 16.0. The van der Waals surface area contributed by atoms with E-state index in [2.05, 4.69) is 6.08 Å². The Bertz CT molecular complexity index is 365. The third-order valence-corrected chi connectivity index (χ3v) is 2.77. The smallest absolute Gasteiger partial charge is 0.129 e. The van der Waals surface area contributed by atoms with Crippen LogP contribution in [0.4, 0.5) is 0 Å². The standard InChI is InChI=1S/C12H12Cl2O/c13-9-6-10(14)8-12(7-9)15-11-4-2-1-3-5-11/h4,6-8H,1-3,5H2. The number of hydrogen-bond donors (Lipinski definition) is 0. The van der Waals surface area contributed by atoms with Crippen molar-refractivity contribution in [3.8, 4) is 5.75 Å². The molecule has 0 radical (unpaired) electrons. The van der Waals surface area contributed by atoms with Crippen LogP contribution in [-0.2, 0) is 0 Å². The second-order valence-electron chi connectivity index (χ2n) is 3.62. The molecule has 15 heavy (non-hydrogen) atoms. The highest BCUT2D eigenvalue weighted by molar-refractivity contribution is 6.34. The molecule has 1 aliphatic carbocycles. The summed E-state index contributed by atoms with van der Waals surface area (Å²) in [4.78, 5) is 0. The van der Waals surface area contributed by atoms with Crippen molar-refractivity contribution in [1.29, 1.82) is 0 Å². The van der Waals surface area contributed by atoms with Gasteiger partial charge in [-0.2, -0.15) is 0 Å². The minimum Gasteiger partial charge on any atom is -0.462 e. The maximum Gasteiger partial charge on any atom is 0.129 e. The molecule has 80 valence electrons. The van der Waals surface area contributed by atoms with Crippen LogP contribution in [0.1, 0.15) is 25.7 Å². The quantitative estimate of drug-likeness (QED) is 0.722. The molecule has 0 saturated carbocycles. The van der Waals surface area contributed by atoms with Crippen molar-refractivity contribution in [1.82, 2.24) is 0 Å². The van der Waals surface area contributed by atoms with E-state index in [1.807, 2.05) is 0 Å². The number of benzene rings is 1. The second kappa shape index (κ2) is 4.91. The lowest BCUT2D eigenvalue weighted by Crippen LogP contribution is -1.99. The van der Waals surface area contributed by atoms with E-state index in [-0.39, 0.29) is 0 Å². The van der Waals surface area contributed by atoms with Gasteiger partial charge in [-0.15, -0.1) is 0 Å². The summed E-state index contributed by atoms with van der Waals surface area (Å²) in [6.45, 7) is 0. The minimum absolute atomic E-state index is 0.605. The van der Waals surface area contributed by atoms with Crippen LogP contribution in [0.15, 0.2) is 30.0 Å². The lowest BCUT2D eigenvalue weighted by molar-refractivity contribution is 0.384. The van der Waals surface area contributed by atoms with Crippen LogP contribution < -0.4 is 4.74 Å². The molecule has 3 heteroatoms. The van der Waals surface area contributed by atoms with Gasteiger partial charge in [-0.1, -0.05) is 23.2 Å². The molecule has 0 saturated heterocycles. The Balaban J connectivity index is 2.12. The molecule has 0 amide bonds. The summed E-state index contributed by atoms with van der Waals surface area (Å²) in [5, 5.41) is 1.21. The fraction of sp³-hybridized carbons (Fsp3) is 0.333. The summed E-state index contributed by atoms with van der Waals surface area (Å²) in [5.41, 5.74) is 0. The molecule has 0 bridgehead atoms. The molecule has 1 aromatic carbocycles. The third kappa shape index (κ3) is 3.15. The first-order chi connectivity index (χ1) is 7.24. The van der Waals surface area contributed by atoms with Crippen LogP contribution in [0.2, 0.25) is 10.0 Å². The summed E-state index contributed by atoms with van der Waals surface area (Å²) >= 11 is 11.8. The summed E-state index contributed by atoms with van der Waals surface area (Å²) in [5.74, 6) is 1.75. The zero-order chi connectivity index (χ0) is 10.7. The first-order valence-corrected chi connectivity index (χ1v) is 5.82. The summed E-state index contributed by atoms with van der Waals surface area (Å²) < 4.78 is 5.71. The van der Waals surface area contributed by atoms with Crippen molar-refractivity contribution >= 4 is 23.2 Å². The van der Waals surface area contributed by atoms with Crippen LogP contribution in [0.25, 0.3) is 0 Å². The van der Waals surface area contributed by atoms with Gasteiger partial charge in [0.2, 0.25) is 0 Å². The predicted molar refractivity (Wildman–Crippen MR) is 63.6 cm³/mol. The van der Waals surface area contributed by atoms with E-state index in [0.29, 0.717) is 10.0 Å². The number of hydrogen-bond acceptors (Lipinski definition) is 1.